The molecule has 1 aromatic heterocycles. The van der Waals surface area contributed by atoms with Gasteiger partial charge in [-0.2, -0.15) is 0 Å². The lowest BCUT2D eigenvalue weighted by Crippen LogP contribution is -1.71. The zero-order valence-corrected chi connectivity index (χ0v) is 8.72. The zero-order chi connectivity index (χ0) is 9.42. The van der Waals surface area contributed by atoms with Crippen molar-refractivity contribution >= 4 is 44.8 Å². The van der Waals surface area contributed by atoms with Crippen LogP contribution >= 0.6 is 27.5 Å². The van der Waals surface area contributed by atoms with Gasteiger partial charge in [0.2, 0.25) is 0 Å². The summed E-state index contributed by atoms with van der Waals surface area (Å²) >= 11 is 9.24. The molecular weight excluding hydrogens is 255 g/mol. The predicted octanol–water partition coefficient (Wildman–Crippen LogP) is 3.66. The van der Waals surface area contributed by atoms with Gasteiger partial charge in [-0.1, -0.05) is 17.7 Å². The van der Waals surface area contributed by atoms with Crippen LogP contribution in [0.2, 0.25) is 5.02 Å². The highest BCUT2D eigenvalue weighted by Crippen LogP contribution is 2.34. The molecule has 0 aliphatic carbocycles. The highest BCUT2D eigenvalue weighted by atomic mass is 79.9. The first-order chi connectivity index (χ1) is 6.24. The van der Waals surface area contributed by atoms with Crippen molar-refractivity contribution in [3.05, 3.63) is 33.5 Å². The highest BCUT2D eigenvalue weighted by Gasteiger charge is 2.13. The van der Waals surface area contributed by atoms with Gasteiger partial charge in [-0.3, -0.25) is 4.79 Å². The monoisotopic (exact) mass is 258 g/mol. The second kappa shape index (κ2) is 3.16. The highest BCUT2D eigenvalue weighted by molar-refractivity contribution is 9.10. The van der Waals surface area contributed by atoms with Crippen LogP contribution in [0.15, 0.2) is 27.1 Å². The lowest BCUT2D eigenvalue weighted by molar-refractivity contribution is 0.110. The van der Waals surface area contributed by atoms with Gasteiger partial charge in [0.1, 0.15) is 5.58 Å². The standard InChI is InChI=1S/C9H4BrClO2/c10-5-2-1-3-6-8(5)9(11)7(4-12)13-6/h1-4H. The Labute approximate surface area is 87.6 Å². The first-order valence-electron chi connectivity index (χ1n) is 3.55. The van der Waals surface area contributed by atoms with Crippen molar-refractivity contribution < 1.29 is 9.21 Å². The van der Waals surface area contributed by atoms with Crippen molar-refractivity contribution in [3.63, 3.8) is 0 Å². The molecule has 1 heterocycles. The Balaban J connectivity index is 2.92. The Morgan fingerprint density at radius 3 is 2.85 bits per heavy atom. The van der Waals surface area contributed by atoms with E-state index >= 15 is 0 Å². The molecule has 0 bridgehead atoms. The molecule has 2 rings (SSSR count). The summed E-state index contributed by atoms with van der Waals surface area (Å²) in [4.78, 5) is 10.5. The number of furan rings is 1. The Hall–Kier alpha value is -0.800. The van der Waals surface area contributed by atoms with Crippen molar-refractivity contribution in [2.75, 3.05) is 0 Å². The Morgan fingerprint density at radius 2 is 2.23 bits per heavy atom. The number of carbonyl (C=O) groups excluding carboxylic acids is 1. The molecule has 0 saturated heterocycles. The van der Waals surface area contributed by atoms with Crippen LogP contribution < -0.4 is 0 Å². The topological polar surface area (TPSA) is 30.2 Å². The van der Waals surface area contributed by atoms with Gasteiger partial charge in [0.25, 0.3) is 0 Å². The van der Waals surface area contributed by atoms with Crippen molar-refractivity contribution in [1.29, 1.82) is 0 Å². The SMILES string of the molecule is O=Cc1oc2cccc(Br)c2c1Cl. The van der Waals surface area contributed by atoms with E-state index in [1.165, 1.54) is 0 Å². The third-order valence-corrected chi connectivity index (χ3v) is 2.77. The number of benzene rings is 1. The van der Waals surface area contributed by atoms with Gasteiger partial charge in [0, 0.05) is 4.47 Å². The van der Waals surface area contributed by atoms with Gasteiger partial charge in [-0.25, -0.2) is 0 Å². The van der Waals surface area contributed by atoms with E-state index < -0.39 is 0 Å². The van der Waals surface area contributed by atoms with Crippen LogP contribution in [0.3, 0.4) is 0 Å². The van der Waals surface area contributed by atoms with Gasteiger partial charge >= 0.3 is 0 Å². The molecule has 66 valence electrons. The number of hydrogen-bond acceptors (Lipinski definition) is 2. The fraction of sp³-hybridized carbons (Fsp3) is 0. The molecule has 4 heteroatoms. The molecule has 0 fully saturated rings. The van der Waals surface area contributed by atoms with Gasteiger partial charge in [-0.05, 0) is 28.1 Å². The quantitative estimate of drug-likeness (QED) is 0.732. The van der Waals surface area contributed by atoms with Crippen LogP contribution in [0.25, 0.3) is 11.0 Å². The second-order valence-electron chi connectivity index (χ2n) is 2.51. The summed E-state index contributed by atoms with van der Waals surface area (Å²) in [5, 5.41) is 1.10. The minimum Gasteiger partial charge on any atom is -0.452 e. The van der Waals surface area contributed by atoms with Gasteiger partial charge in [0.05, 0.1) is 10.4 Å². The third kappa shape index (κ3) is 1.28. The van der Waals surface area contributed by atoms with E-state index in [-0.39, 0.29) is 5.76 Å². The van der Waals surface area contributed by atoms with Crippen LogP contribution in [0.4, 0.5) is 0 Å². The molecule has 0 aliphatic heterocycles. The van der Waals surface area contributed by atoms with E-state index in [1.807, 2.05) is 12.1 Å². The minimum atomic E-state index is 0.170. The van der Waals surface area contributed by atoms with Crippen LogP contribution in [-0.2, 0) is 0 Å². The molecule has 0 aliphatic rings. The number of fused-ring (bicyclic) bond motifs is 1. The van der Waals surface area contributed by atoms with Crippen LogP contribution in [0.5, 0.6) is 0 Å². The summed E-state index contributed by atoms with van der Waals surface area (Å²) in [6, 6.07) is 5.43. The normalized spacial score (nSPS) is 10.6. The zero-order valence-electron chi connectivity index (χ0n) is 6.38. The molecule has 2 nitrogen and oxygen atoms in total. The van der Waals surface area contributed by atoms with E-state index in [9.17, 15) is 4.79 Å². The Kier molecular flexibility index (Phi) is 2.14. The second-order valence-corrected chi connectivity index (χ2v) is 3.74. The molecule has 0 atom stereocenters. The Morgan fingerprint density at radius 1 is 1.46 bits per heavy atom. The summed E-state index contributed by atoms with van der Waals surface area (Å²) in [6.07, 6.45) is 0.606. The smallest absolute Gasteiger partial charge is 0.186 e. The molecule has 0 unspecified atom stereocenters. The molecule has 1 aromatic carbocycles. The number of aldehydes is 1. The summed E-state index contributed by atoms with van der Waals surface area (Å²) < 4.78 is 6.02. The van der Waals surface area contributed by atoms with Gasteiger partial charge in [-0.15, -0.1) is 0 Å². The van der Waals surface area contributed by atoms with Gasteiger partial charge in [0.15, 0.2) is 12.0 Å². The molecule has 13 heavy (non-hydrogen) atoms. The maximum atomic E-state index is 10.5. The maximum Gasteiger partial charge on any atom is 0.186 e. The number of carbonyl (C=O) groups is 1. The summed E-state index contributed by atoms with van der Waals surface area (Å²) in [5.41, 5.74) is 0.612. The predicted molar refractivity (Wildman–Crippen MR) is 54.3 cm³/mol. The average molecular weight is 259 g/mol. The number of rotatable bonds is 1. The lowest BCUT2D eigenvalue weighted by atomic mass is 10.2. The van der Waals surface area contributed by atoms with Crippen LogP contribution in [0, 0.1) is 0 Å². The Bertz CT molecular complexity index is 476. The van der Waals surface area contributed by atoms with E-state index in [0.717, 1.165) is 9.86 Å². The summed E-state index contributed by atoms with van der Waals surface area (Å²) in [5.74, 6) is 0.170. The van der Waals surface area contributed by atoms with Gasteiger partial charge < -0.3 is 4.42 Å². The third-order valence-electron chi connectivity index (χ3n) is 1.74. The fourth-order valence-corrected chi connectivity index (χ4v) is 2.10. The molecule has 0 spiro atoms. The van der Waals surface area contributed by atoms with E-state index in [0.29, 0.717) is 16.9 Å². The average Bonchev–Trinajstić information content (AvgIpc) is 2.44. The summed E-state index contributed by atoms with van der Waals surface area (Å²) in [6.45, 7) is 0. The van der Waals surface area contributed by atoms with Crippen LogP contribution in [-0.4, -0.2) is 6.29 Å². The first kappa shape index (κ1) is 8.78. The number of halogens is 2. The molecule has 0 saturated carbocycles. The maximum absolute atomic E-state index is 10.5. The van der Waals surface area contributed by atoms with E-state index in [1.54, 1.807) is 6.07 Å². The van der Waals surface area contributed by atoms with Crippen molar-refractivity contribution in [3.8, 4) is 0 Å². The fourth-order valence-electron chi connectivity index (χ4n) is 1.16. The van der Waals surface area contributed by atoms with E-state index in [2.05, 4.69) is 15.9 Å². The number of hydrogen-bond donors (Lipinski definition) is 0. The molecule has 2 aromatic rings. The molecule has 0 N–H and O–H groups in total. The molecule has 0 radical (unpaired) electrons. The summed E-state index contributed by atoms with van der Waals surface area (Å²) in [7, 11) is 0. The first-order valence-corrected chi connectivity index (χ1v) is 4.73. The molecule has 0 amide bonds. The van der Waals surface area contributed by atoms with Crippen molar-refractivity contribution in [2.24, 2.45) is 0 Å². The van der Waals surface area contributed by atoms with Crippen LogP contribution in [0.1, 0.15) is 10.6 Å². The van der Waals surface area contributed by atoms with E-state index in [4.69, 9.17) is 16.0 Å². The van der Waals surface area contributed by atoms with Crippen molar-refractivity contribution in [2.45, 2.75) is 0 Å². The van der Waals surface area contributed by atoms with Crippen molar-refractivity contribution in [1.82, 2.24) is 0 Å². The largest absolute Gasteiger partial charge is 0.452 e. The lowest BCUT2D eigenvalue weighted by Gasteiger charge is -1.90. The minimum absolute atomic E-state index is 0.170. The molecular formula is C9H4BrClO2.